The number of amides is 1. The average molecular weight is 287 g/mol. The molecule has 1 aromatic rings. The van der Waals surface area contributed by atoms with Gasteiger partial charge in [0.15, 0.2) is 0 Å². The molecular weight excluding hydrogens is 266 g/mol. The maximum absolute atomic E-state index is 12.8. The fourth-order valence-corrected chi connectivity index (χ4v) is 3.54. The summed E-state index contributed by atoms with van der Waals surface area (Å²) in [5.41, 5.74) is 1.88. The van der Waals surface area contributed by atoms with Gasteiger partial charge in [0.25, 0.3) is 0 Å². The van der Waals surface area contributed by atoms with Crippen molar-refractivity contribution in [3.05, 3.63) is 29.8 Å². The standard InChI is InChI=1S/C17H21NO3/c19-16(12-6-2-1-3-7-12)18-11-14(17(20)21)10-13-8-4-5-9-15(13)18/h4-5,8-9,12,14H,1-3,6-7,10-11H2,(H,20,21). The van der Waals surface area contributed by atoms with Gasteiger partial charge in [-0.25, -0.2) is 0 Å². The molecule has 1 aliphatic heterocycles. The Morgan fingerprint density at radius 3 is 2.48 bits per heavy atom. The van der Waals surface area contributed by atoms with Gasteiger partial charge in [0.2, 0.25) is 5.91 Å². The van der Waals surface area contributed by atoms with E-state index in [1.54, 1.807) is 4.90 Å². The molecule has 0 spiro atoms. The first-order chi connectivity index (χ1) is 10.2. The molecule has 1 saturated carbocycles. The van der Waals surface area contributed by atoms with Crippen molar-refractivity contribution in [1.29, 1.82) is 0 Å². The van der Waals surface area contributed by atoms with E-state index in [9.17, 15) is 14.7 Å². The molecule has 1 unspecified atom stereocenters. The average Bonchev–Trinajstić information content (AvgIpc) is 2.54. The lowest BCUT2D eigenvalue weighted by Crippen LogP contribution is -2.45. The normalized spacial score (nSPS) is 22.7. The summed E-state index contributed by atoms with van der Waals surface area (Å²) in [6.07, 6.45) is 5.81. The summed E-state index contributed by atoms with van der Waals surface area (Å²) >= 11 is 0. The highest BCUT2D eigenvalue weighted by molar-refractivity contribution is 5.97. The van der Waals surface area contributed by atoms with Gasteiger partial charge in [-0.1, -0.05) is 37.5 Å². The molecule has 1 N–H and O–H groups in total. The molecule has 4 heteroatoms. The van der Waals surface area contributed by atoms with Crippen LogP contribution in [0.4, 0.5) is 5.69 Å². The van der Waals surface area contributed by atoms with Gasteiger partial charge in [0.05, 0.1) is 5.92 Å². The Bertz CT molecular complexity index is 549. The number of benzene rings is 1. The topological polar surface area (TPSA) is 57.6 Å². The summed E-state index contributed by atoms with van der Waals surface area (Å²) in [6.45, 7) is 0.307. The van der Waals surface area contributed by atoms with Crippen LogP contribution in [0.3, 0.4) is 0 Å². The van der Waals surface area contributed by atoms with Gasteiger partial charge in [-0.05, 0) is 30.9 Å². The number of hydrogen-bond donors (Lipinski definition) is 1. The molecule has 21 heavy (non-hydrogen) atoms. The van der Waals surface area contributed by atoms with Crippen molar-refractivity contribution in [3.8, 4) is 0 Å². The van der Waals surface area contributed by atoms with E-state index >= 15 is 0 Å². The molecule has 0 saturated heterocycles. The Morgan fingerprint density at radius 1 is 1.05 bits per heavy atom. The fourth-order valence-electron chi connectivity index (χ4n) is 3.54. The lowest BCUT2D eigenvalue weighted by Gasteiger charge is -2.36. The molecule has 112 valence electrons. The third-order valence-electron chi connectivity index (χ3n) is 4.72. The summed E-state index contributed by atoms with van der Waals surface area (Å²) < 4.78 is 0. The minimum atomic E-state index is -0.814. The maximum atomic E-state index is 12.8. The highest BCUT2D eigenvalue weighted by Crippen LogP contribution is 2.33. The second-order valence-corrected chi connectivity index (χ2v) is 6.15. The quantitative estimate of drug-likeness (QED) is 0.910. The van der Waals surface area contributed by atoms with E-state index in [0.29, 0.717) is 13.0 Å². The van der Waals surface area contributed by atoms with Crippen LogP contribution in [0.25, 0.3) is 0 Å². The number of nitrogens with zero attached hydrogens (tertiary/aromatic N) is 1. The van der Waals surface area contributed by atoms with E-state index in [4.69, 9.17) is 0 Å². The van der Waals surface area contributed by atoms with Crippen molar-refractivity contribution in [3.63, 3.8) is 0 Å². The third kappa shape index (κ3) is 2.80. The molecular formula is C17H21NO3. The highest BCUT2D eigenvalue weighted by atomic mass is 16.4. The second-order valence-electron chi connectivity index (χ2n) is 6.15. The monoisotopic (exact) mass is 287 g/mol. The van der Waals surface area contributed by atoms with Crippen LogP contribution in [-0.4, -0.2) is 23.5 Å². The number of hydrogen-bond acceptors (Lipinski definition) is 2. The predicted octanol–water partition coefficient (Wildman–Crippen LogP) is 2.86. The van der Waals surface area contributed by atoms with Crippen LogP contribution in [0, 0.1) is 11.8 Å². The minimum absolute atomic E-state index is 0.0688. The lowest BCUT2D eigenvalue weighted by atomic mass is 9.86. The van der Waals surface area contributed by atoms with Gasteiger partial charge in [0.1, 0.15) is 0 Å². The number of aliphatic carboxylic acids is 1. The van der Waals surface area contributed by atoms with E-state index in [1.165, 1.54) is 6.42 Å². The molecule has 0 bridgehead atoms. The van der Waals surface area contributed by atoms with Crippen LogP contribution in [0.5, 0.6) is 0 Å². The minimum Gasteiger partial charge on any atom is -0.481 e. The zero-order valence-electron chi connectivity index (χ0n) is 12.1. The summed E-state index contributed by atoms with van der Waals surface area (Å²) in [4.78, 5) is 25.9. The molecule has 1 fully saturated rings. The second kappa shape index (κ2) is 5.88. The van der Waals surface area contributed by atoms with Crippen molar-refractivity contribution in [2.75, 3.05) is 11.4 Å². The van der Waals surface area contributed by atoms with E-state index in [2.05, 4.69) is 0 Å². The summed E-state index contributed by atoms with van der Waals surface area (Å²) in [7, 11) is 0. The number of para-hydroxylation sites is 1. The SMILES string of the molecule is O=C(O)C1Cc2ccccc2N(C(=O)C2CCCCC2)C1. The van der Waals surface area contributed by atoms with Gasteiger partial charge in [-0.3, -0.25) is 9.59 Å². The van der Waals surface area contributed by atoms with Crippen LogP contribution < -0.4 is 4.90 Å². The molecule has 1 atom stereocenters. The van der Waals surface area contributed by atoms with Crippen LogP contribution in [0.1, 0.15) is 37.7 Å². The molecule has 1 amide bonds. The summed E-state index contributed by atoms with van der Waals surface area (Å²) in [5, 5.41) is 9.34. The first-order valence-electron chi connectivity index (χ1n) is 7.79. The predicted molar refractivity (Wildman–Crippen MR) is 80.2 cm³/mol. The first-order valence-corrected chi connectivity index (χ1v) is 7.79. The Labute approximate surface area is 124 Å². The van der Waals surface area contributed by atoms with Crippen LogP contribution >= 0.6 is 0 Å². The van der Waals surface area contributed by atoms with E-state index in [0.717, 1.165) is 36.9 Å². The Hall–Kier alpha value is -1.84. The summed E-state index contributed by atoms with van der Waals surface area (Å²) in [5.74, 6) is -1.12. The van der Waals surface area contributed by atoms with E-state index in [-0.39, 0.29) is 11.8 Å². The largest absolute Gasteiger partial charge is 0.481 e. The van der Waals surface area contributed by atoms with Crippen molar-refractivity contribution < 1.29 is 14.7 Å². The van der Waals surface area contributed by atoms with Gasteiger partial charge < -0.3 is 10.0 Å². The van der Waals surface area contributed by atoms with Crippen molar-refractivity contribution in [2.24, 2.45) is 11.8 Å². The smallest absolute Gasteiger partial charge is 0.308 e. The summed E-state index contributed by atoms with van der Waals surface area (Å²) in [6, 6.07) is 7.70. The molecule has 3 rings (SSSR count). The number of carbonyl (C=O) groups is 2. The van der Waals surface area contributed by atoms with Crippen LogP contribution in [-0.2, 0) is 16.0 Å². The molecule has 1 aromatic carbocycles. The van der Waals surface area contributed by atoms with Crippen molar-refractivity contribution >= 4 is 17.6 Å². The number of anilines is 1. The zero-order valence-corrected chi connectivity index (χ0v) is 12.1. The number of carboxylic acids is 1. The molecule has 0 aromatic heterocycles. The molecule has 4 nitrogen and oxygen atoms in total. The molecule has 0 radical (unpaired) electrons. The Morgan fingerprint density at radius 2 is 1.76 bits per heavy atom. The molecule has 1 heterocycles. The Balaban J connectivity index is 1.88. The fraction of sp³-hybridized carbons (Fsp3) is 0.529. The van der Waals surface area contributed by atoms with Gasteiger partial charge in [-0.15, -0.1) is 0 Å². The lowest BCUT2D eigenvalue weighted by molar-refractivity contribution is -0.141. The van der Waals surface area contributed by atoms with E-state index in [1.807, 2.05) is 24.3 Å². The van der Waals surface area contributed by atoms with Crippen LogP contribution in [0.15, 0.2) is 24.3 Å². The molecule has 2 aliphatic rings. The third-order valence-corrected chi connectivity index (χ3v) is 4.72. The zero-order chi connectivity index (χ0) is 14.8. The van der Waals surface area contributed by atoms with Crippen LogP contribution in [0.2, 0.25) is 0 Å². The van der Waals surface area contributed by atoms with Crippen molar-refractivity contribution in [1.82, 2.24) is 0 Å². The maximum Gasteiger partial charge on any atom is 0.308 e. The van der Waals surface area contributed by atoms with Crippen molar-refractivity contribution in [2.45, 2.75) is 38.5 Å². The van der Waals surface area contributed by atoms with E-state index < -0.39 is 11.9 Å². The Kier molecular flexibility index (Phi) is 3.95. The first kappa shape index (κ1) is 14.1. The molecule has 1 aliphatic carbocycles. The van der Waals surface area contributed by atoms with Gasteiger partial charge >= 0.3 is 5.97 Å². The van der Waals surface area contributed by atoms with Gasteiger partial charge in [-0.2, -0.15) is 0 Å². The number of carbonyl (C=O) groups excluding carboxylic acids is 1. The number of fused-ring (bicyclic) bond motifs is 1. The van der Waals surface area contributed by atoms with Gasteiger partial charge in [0, 0.05) is 18.2 Å². The number of carboxylic acid groups (broad SMARTS) is 1. The highest BCUT2D eigenvalue weighted by Gasteiger charge is 2.35. The number of rotatable bonds is 2.